The molecule has 1 heterocycles. The maximum Gasteiger partial charge on any atom is 0.410 e. The highest BCUT2D eigenvalue weighted by Crippen LogP contribution is 2.22. The molecule has 4 nitrogen and oxygen atoms in total. The predicted molar refractivity (Wildman–Crippen MR) is 97.9 cm³/mol. The molecule has 1 N–H and O–H groups in total. The number of anilines is 1. The van der Waals surface area contributed by atoms with E-state index in [0.29, 0.717) is 5.92 Å². The molecule has 0 spiro atoms. The Morgan fingerprint density at radius 1 is 1.39 bits per heavy atom. The third kappa shape index (κ3) is 6.05. The predicted octanol–water partition coefficient (Wildman–Crippen LogP) is 4.82. The Labute approximate surface area is 147 Å². The number of aryl methyl sites for hydroxylation is 1. The number of halogens is 1. The lowest BCUT2D eigenvalue weighted by Crippen LogP contribution is -2.44. The van der Waals surface area contributed by atoms with Crippen LogP contribution < -0.4 is 5.32 Å². The highest BCUT2D eigenvalue weighted by atomic mass is 79.9. The number of nitrogens with one attached hydrogen (secondary N) is 1. The number of ether oxygens (including phenoxy) is 1. The maximum absolute atomic E-state index is 12.2. The average molecular weight is 383 g/mol. The lowest BCUT2D eigenvalue weighted by Gasteiger charge is -2.34. The van der Waals surface area contributed by atoms with Crippen molar-refractivity contribution in [3.8, 4) is 0 Å². The second-order valence-corrected chi connectivity index (χ2v) is 8.25. The monoisotopic (exact) mass is 382 g/mol. The van der Waals surface area contributed by atoms with E-state index in [2.05, 4.69) is 46.4 Å². The third-order valence-corrected chi connectivity index (χ3v) is 4.27. The number of nitrogens with zero attached hydrogens (tertiary/aromatic N) is 1. The molecule has 1 aromatic rings. The standard InChI is InChI=1S/C18H27BrN2O2/c1-13-8-15(19)10-16(9-13)20-11-14-6-5-7-21(12-14)17(22)23-18(2,3)4/h8-10,14,20H,5-7,11-12H2,1-4H3. The summed E-state index contributed by atoms with van der Waals surface area (Å²) >= 11 is 3.53. The van der Waals surface area contributed by atoms with Gasteiger partial charge < -0.3 is 15.0 Å². The first-order valence-corrected chi connectivity index (χ1v) is 9.01. The normalized spacial score (nSPS) is 18.7. The van der Waals surface area contributed by atoms with Crippen molar-refractivity contribution in [2.75, 3.05) is 25.0 Å². The largest absolute Gasteiger partial charge is 0.444 e. The summed E-state index contributed by atoms with van der Waals surface area (Å²) in [7, 11) is 0. The zero-order valence-electron chi connectivity index (χ0n) is 14.5. The second kappa shape index (κ2) is 7.56. The Bertz CT molecular complexity index is 534. The summed E-state index contributed by atoms with van der Waals surface area (Å²) in [5, 5.41) is 3.49. The van der Waals surface area contributed by atoms with Crippen molar-refractivity contribution in [3.63, 3.8) is 0 Å². The number of hydrogen-bond donors (Lipinski definition) is 1. The molecule has 1 aliphatic heterocycles. The van der Waals surface area contributed by atoms with Gasteiger partial charge in [0.05, 0.1) is 0 Å². The molecule has 1 unspecified atom stereocenters. The molecule has 0 bridgehead atoms. The van der Waals surface area contributed by atoms with Crippen LogP contribution in [-0.4, -0.2) is 36.2 Å². The summed E-state index contributed by atoms with van der Waals surface area (Å²) in [6.45, 7) is 10.2. The van der Waals surface area contributed by atoms with Gasteiger partial charge in [-0.3, -0.25) is 0 Å². The number of rotatable bonds is 3. The van der Waals surface area contributed by atoms with E-state index in [1.165, 1.54) is 5.56 Å². The fraction of sp³-hybridized carbons (Fsp3) is 0.611. The zero-order chi connectivity index (χ0) is 17.0. The van der Waals surface area contributed by atoms with E-state index < -0.39 is 5.60 Å². The number of benzene rings is 1. The van der Waals surface area contributed by atoms with Crippen LogP contribution in [-0.2, 0) is 4.74 Å². The molecule has 0 saturated carbocycles. The average Bonchev–Trinajstić information content (AvgIpc) is 2.43. The number of carbonyl (C=O) groups excluding carboxylic acids is 1. The molecule has 0 aromatic heterocycles. The highest BCUT2D eigenvalue weighted by molar-refractivity contribution is 9.10. The SMILES string of the molecule is Cc1cc(Br)cc(NCC2CCCN(C(=O)OC(C)(C)C)C2)c1. The second-order valence-electron chi connectivity index (χ2n) is 7.33. The summed E-state index contributed by atoms with van der Waals surface area (Å²) in [6.07, 6.45) is 1.98. The molecule has 0 radical (unpaired) electrons. The van der Waals surface area contributed by atoms with Crippen molar-refractivity contribution in [1.82, 2.24) is 4.90 Å². The van der Waals surface area contributed by atoms with E-state index in [1.54, 1.807) is 0 Å². The molecule has 1 aliphatic rings. The summed E-state index contributed by atoms with van der Waals surface area (Å²) in [4.78, 5) is 14.0. The van der Waals surface area contributed by atoms with Crippen LogP contribution >= 0.6 is 15.9 Å². The molecule has 1 fully saturated rings. The van der Waals surface area contributed by atoms with Crippen LogP contribution in [0.3, 0.4) is 0 Å². The van der Waals surface area contributed by atoms with Crippen LogP contribution in [0.5, 0.6) is 0 Å². The van der Waals surface area contributed by atoms with E-state index >= 15 is 0 Å². The molecule has 1 atom stereocenters. The van der Waals surface area contributed by atoms with Crippen molar-refractivity contribution >= 4 is 27.7 Å². The van der Waals surface area contributed by atoms with Crippen molar-refractivity contribution < 1.29 is 9.53 Å². The lowest BCUT2D eigenvalue weighted by atomic mass is 9.98. The van der Waals surface area contributed by atoms with E-state index in [-0.39, 0.29) is 6.09 Å². The van der Waals surface area contributed by atoms with Gasteiger partial charge in [-0.15, -0.1) is 0 Å². The van der Waals surface area contributed by atoms with Gasteiger partial charge in [0.2, 0.25) is 0 Å². The summed E-state index contributed by atoms with van der Waals surface area (Å²) < 4.78 is 6.56. The molecular formula is C18H27BrN2O2. The van der Waals surface area contributed by atoms with E-state index in [0.717, 1.165) is 42.6 Å². The Kier molecular flexibility index (Phi) is 5.95. The van der Waals surface area contributed by atoms with Crippen LogP contribution in [0.2, 0.25) is 0 Å². The van der Waals surface area contributed by atoms with Gasteiger partial charge in [0, 0.05) is 29.8 Å². The number of likely N-dealkylation sites (tertiary alicyclic amines) is 1. The minimum Gasteiger partial charge on any atom is -0.444 e. The molecule has 128 valence electrons. The van der Waals surface area contributed by atoms with Gasteiger partial charge >= 0.3 is 6.09 Å². The minimum absolute atomic E-state index is 0.194. The molecule has 1 amide bonds. The first-order chi connectivity index (χ1) is 10.7. The van der Waals surface area contributed by atoms with Gasteiger partial charge in [0.15, 0.2) is 0 Å². The maximum atomic E-state index is 12.2. The van der Waals surface area contributed by atoms with E-state index in [4.69, 9.17) is 4.74 Å². The smallest absolute Gasteiger partial charge is 0.410 e. The molecule has 1 saturated heterocycles. The Morgan fingerprint density at radius 2 is 2.13 bits per heavy atom. The van der Waals surface area contributed by atoms with Gasteiger partial charge in [0.1, 0.15) is 5.60 Å². The van der Waals surface area contributed by atoms with Gasteiger partial charge in [-0.1, -0.05) is 15.9 Å². The fourth-order valence-corrected chi connectivity index (χ4v) is 3.43. The quantitative estimate of drug-likeness (QED) is 0.814. The van der Waals surface area contributed by atoms with Crippen LogP contribution in [0.1, 0.15) is 39.2 Å². The van der Waals surface area contributed by atoms with Crippen LogP contribution in [0.4, 0.5) is 10.5 Å². The first kappa shape index (κ1) is 18.1. The number of piperidine rings is 1. The zero-order valence-corrected chi connectivity index (χ0v) is 16.1. The van der Waals surface area contributed by atoms with Crippen molar-refractivity contribution in [1.29, 1.82) is 0 Å². The summed E-state index contributed by atoms with van der Waals surface area (Å²) in [6, 6.07) is 6.32. The first-order valence-electron chi connectivity index (χ1n) is 8.22. The third-order valence-electron chi connectivity index (χ3n) is 3.81. The number of carbonyl (C=O) groups is 1. The Hall–Kier alpha value is -1.23. The Morgan fingerprint density at radius 3 is 2.78 bits per heavy atom. The van der Waals surface area contributed by atoms with E-state index in [9.17, 15) is 4.79 Å². The number of hydrogen-bond acceptors (Lipinski definition) is 3. The lowest BCUT2D eigenvalue weighted by molar-refractivity contribution is 0.0172. The molecule has 1 aromatic carbocycles. The summed E-state index contributed by atoms with van der Waals surface area (Å²) in [5.41, 5.74) is 1.91. The Balaban J connectivity index is 1.87. The minimum atomic E-state index is -0.434. The van der Waals surface area contributed by atoms with Gasteiger partial charge in [-0.2, -0.15) is 0 Å². The van der Waals surface area contributed by atoms with Gasteiger partial charge in [-0.25, -0.2) is 4.79 Å². The van der Waals surface area contributed by atoms with Gasteiger partial charge in [0.25, 0.3) is 0 Å². The molecule has 23 heavy (non-hydrogen) atoms. The van der Waals surface area contributed by atoms with Gasteiger partial charge in [-0.05, 0) is 70.2 Å². The topological polar surface area (TPSA) is 41.6 Å². The van der Waals surface area contributed by atoms with Crippen molar-refractivity contribution in [2.24, 2.45) is 5.92 Å². The number of amides is 1. The molecular weight excluding hydrogens is 356 g/mol. The molecule has 2 rings (SSSR count). The van der Waals surface area contributed by atoms with Crippen LogP contribution in [0.25, 0.3) is 0 Å². The highest BCUT2D eigenvalue weighted by Gasteiger charge is 2.27. The van der Waals surface area contributed by atoms with E-state index in [1.807, 2.05) is 25.7 Å². The van der Waals surface area contributed by atoms with Crippen LogP contribution in [0.15, 0.2) is 22.7 Å². The molecule has 5 heteroatoms. The van der Waals surface area contributed by atoms with Crippen LogP contribution in [0, 0.1) is 12.8 Å². The van der Waals surface area contributed by atoms with Crippen molar-refractivity contribution in [2.45, 2.75) is 46.1 Å². The van der Waals surface area contributed by atoms with Crippen molar-refractivity contribution in [3.05, 3.63) is 28.2 Å². The summed E-state index contributed by atoms with van der Waals surface area (Å²) in [5.74, 6) is 0.454. The fourth-order valence-electron chi connectivity index (χ4n) is 2.82. The molecule has 0 aliphatic carbocycles.